The van der Waals surface area contributed by atoms with Crippen LogP contribution in [-0.4, -0.2) is 102 Å². The Morgan fingerprint density at radius 3 is 2.25 bits per heavy atom. The molecule has 0 spiro atoms. The highest BCUT2D eigenvalue weighted by Gasteiger charge is 2.68. The number of phenolic OH excluding ortho intramolecular Hbond substituents is 1. The first-order valence-electron chi connectivity index (χ1n) is 13.1. The molecule has 0 saturated heterocycles. The van der Waals surface area contributed by atoms with Crippen molar-refractivity contribution in [3.8, 4) is 5.75 Å². The van der Waals surface area contributed by atoms with Crippen LogP contribution >= 0.6 is 0 Å². The Hall–Kier alpha value is -4.64. The van der Waals surface area contributed by atoms with Crippen molar-refractivity contribution >= 4 is 46.5 Å². The first-order chi connectivity index (χ1) is 20.3. The second-order valence-corrected chi connectivity index (χ2v) is 11.1. The number of hydrogen-bond acceptors (Lipinski definition) is 12. The Bertz CT molecular complexity index is 1570. The third-order valence-corrected chi connectivity index (χ3v) is 8.09. The number of esters is 1. The minimum atomic E-state index is -5.69. The summed E-state index contributed by atoms with van der Waals surface area (Å²) < 4.78 is 45.4. The number of nitrogens with zero attached hydrogens (tertiary/aromatic N) is 2. The molecule has 0 radical (unpaired) electrons. The number of rotatable bonds is 6. The number of fused-ring (bicyclic) bond motifs is 3. The molecular weight excluding hydrogens is 595 g/mol. The van der Waals surface area contributed by atoms with Gasteiger partial charge >= 0.3 is 12.1 Å². The van der Waals surface area contributed by atoms with Gasteiger partial charge in [-0.05, 0) is 44.5 Å². The van der Waals surface area contributed by atoms with Crippen molar-refractivity contribution in [1.82, 2.24) is 4.90 Å². The lowest BCUT2D eigenvalue weighted by Crippen LogP contribution is -2.67. The Morgan fingerprint density at radius 1 is 1.14 bits per heavy atom. The summed E-state index contributed by atoms with van der Waals surface area (Å²) in [6.07, 6.45) is -6.24. The predicted octanol–water partition coefficient (Wildman–Crippen LogP) is 0.0404. The zero-order chi connectivity index (χ0) is 33.2. The van der Waals surface area contributed by atoms with Gasteiger partial charge in [-0.1, -0.05) is 0 Å². The van der Waals surface area contributed by atoms with Crippen LogP contribution in [0, 0.1) is 11.8 Å². The number of ketones is 2. The number of amides is 2. The molecule has 1 aromatic carbocycles. The van der Waals surface area contributed by atoms with Gasteiger partial charge in [0.05, 0.1) is 23.8 Å². The lowest BCUT2D eigenvalue weighted by Gasteiger charge is -2.51. The van der Waals surface area contributed by atoms with Gasteiger partial charge in [0, 0.05) is 31.3 Å². The molecule has 1 saturated carbocycles. The maximum Gasteiger partial charge on any atom is 0.490 e. The number of carbonyl (C=O) groups is 5. The van der Waals surface area contributed by atoms with E-state index >= 15 is 0 Å². The normalized spacial score (nSPS) is 24.9. The van der Waals surface area contributed by atoms with E-state index in [0.717, 1.165) is 0 Å². The van der Waals surface area contributed by atoms with Crippen LogP contribution in [0.3, 0.4) is 0 Å². The van der Waals surface area contributed by atoms with Crippen LogP contribution in [-0.2, 0) is 35.1 Å². The highest BCUT2D eigenvalue weighted by molar-refractivity contribution is 6.25. The van der Waals surface area contributed by atoms with Crippen LogP contribution < -0.4 is 21.7 Å². The summed E-state index contributed by atoms with van der Waals surface area (Å²) in [5.41, 5.74) is 5.50. The monoisotopic (exact) mass is 625 g/mol. The van der Waals surface area contributed by atoms with E-state index in [2.05, 4.69) is 5.32 Å². The smallest absolute Gasteiger partial charge is 0.490 e. The number of hydrogen-bond donors (Lipinski definition) is 6. The maximum atomic E-state index is 14.4. The van der Waals surface area contributed by atoms with Gasteiger partial charge in [-0.25, -0.2) is 4.79 Å². The number of benzene rings is 1. The number of aromatic hydroxyl groups is 1. The highest BCUT2D eigenvalue weighted by Crippen LogP contribution is 2.56. The second kappa shape index (κ2) is 10.8. The minimum Gasteiger partial charge on any atom is -0.507 e. The topological polar surface area (TPSA) is 226 Å². The van der Waals surface area contributed by atoms with E-state index in [1.807, 2.05) is 0 Å². The predicted molar refractivity (Wildman–Crippen MR) is 146 cm³/mol. The number of ether oxygens (including phenoxy) is 1. The quantitative estimate of drug-likeness (QED) is 0.140. The van der Waals surface area contributed by atoms with E-state index in [9.17, 15) is 52.5 Å². The number of carbonyl (C=O) groups excluding carboxylic acids is 5. The van der Waals surface area contributed by atoms with Gasteiger partial charge in [-0.15, -0.1) is 0 Å². The van der Waals surface area contributed by atoms with Crippen LogP contribution in [0.25, 0.3) is 5.76 Å². The van der Waals surface area contributed by atoms with Crippen molar-refractivity contribution in [2.24, 2.45) is 23.3 Å². The van der Waals surface area contributed by atoms with Crippen LogP contribution in [0.15, 0.2) is 23.0 Å². The second-order valence-electron chi connectivity index (χ2n) is 11.1. The van der Waals surface area contributed by atoms with Gasteiger partial charge in [0.25, 0.3) is 5.91 Å². The summed E-state index contributed by atoms with van der Waals surface area (Å²) in [5.74, 6) is -13.9. The number of anilines is 2. The van der Waals surface area contributed by atoms with Gasteiger partial charge in [-0.3, -0.25) is 24.1 Å². The van der Waals surface area contributed by atoms with Crippen LogP contribution in [0.1, 0.15) is 17.5 Å². The largest absolute Gasteiger partial charge is 0.507 e. The lowest BCUT2D eigenvalue weighted by molar-refractivity contribution is -0.221. The zero-order valence-corrected chi connectivity index (χ0v) is 23.9. The molecule has 0 bridgehead atoms. The Kier molecular flexibility index (Phi) is 7.93. The average molecular weight is 626 g/mol. The first-order valence-corrected chi connectivity index (χ1v) is 13.1. The number of nitrogens with two attached hydrogens (primary N) is 2. The summed E-state index contributed by atoms with van der Waals surface area (Å²) in [6.45, 7) is -0.477. The van der Waals surface area contributed by atoms with Crippen molar-refractivity contribution in [3.05, 3.63) is 34.1 Å². The fourth-order valence-electron chi connectivity index (χ4n) is 6.34. The Balaban J connectivity index is 2.09. The molecule has 4 atom stereocenters. The number of aliphatic hydroxyl groups excluding tert-OH is 2. The molecule has 0 aliphatic heterocycles. The summed E-state index contributed by atoms with van der Waals surface area (Å²) in [4.78, 5) is 67.1. The standard InChI is InChI=1S/C27H30F3N5O9/c1-34(2)13-7-12(33-14(36)8-31)19(37)16-10(13)5-9-6-11-18(35(3)4)21(39)17(24(32)42)23(41)26(11,22(40)15(9)20(16)38)44-25(43)27(28,29)30/h7,9,11,18,37-38,41H,5-6,8,31H2,1-4H3,(H2,32,42)(H,33,36)/t9?,11?,18-,26-/m0/s1. The van der Waals surface area contributed by atoms with Crippen LogP contribution in [0.2, 0.25) is 0 Å². The SMILES string of the molecule is CN(C)c1cc(NC(=O)CN)c(O)c2c1CC1CC3[C@H](N(C)C)C(=O)C(C(N)=O)=C(O)[C@@]3(OC(=O)C(F)(F)F)C(=O)C1=C2O. The highest BCUT2D eigenvalue weighted by atomic mass is 19.4. The average Bonchev–Trinajstić information content (AvgIpc) is 2.90. The van der Waals surface area contributed by atoms with Crippen LogP contribution in [0.5, 0.6) is 5.75 Å². The molecule has 3 aliphatic carbocycles. The Morgan fingerprint density at radius 2 is 1.75 bits per heavy atom. The van der Waals surface area contributed by atoms with E-state index in [4.69, 9.17) is 16.2 Å². The van der Waals surface area contributed by atoms with E-state index in [1.165, 1.54) is 25.1 Å². The number of nitrogens with one attached hydrogen (secondary N) is 1. The summed E-state index contributed by atoms with van der Waals surface area (Å²) in [7, 11) is 5.87. The number of halogens is 3. The zero-order valence-electron chi connectivity index (χ0n) is 23.9. The summed E-state index contributed by atoms with van der Waals surface area (Å²) >= 11 is 0. The van der Waals surface area contributed by atoms with Crippen molar-refractivity contribution in [2.45, 2.75) is 30.7 Å². The van der Waals surface area contributed by atoms with Gasteiger partial charge in [0.2, 0.25) is 17.3 Å². The Labute approximate surface area is 247 Å². The lowest BCUT2D eigenvalue weighted by atomic mass is 9.57. The van der Waals surface area contributed by atoms with Gasteiger partial charge in [0.15, 0.2) is 11.5 Å². The molecule has 4 rings (SSSR count). The summed E-state index contributed by atoms with van der Waals surface area (Å²) in [6, 6.07) is -0.195. The van der Waals surface area contributed by atoms with Crippen LogP contribution in [0.4, 0.5) is 24.5 Å². The number of phenols is 1. The molecule has 3 aliphatic rings. The van der Waals surface area contributed by atoms with Gasteiger partial charge in [-0.2, -0.15) is 13.2 Å². The molecule has 1 aromatic rings. The molecule has 8 N–H and O–H groups in total. The van der Waals surface area contributed by atoms with E-state index < -0.39 is 100 Å². The van der Waals surface area contributed by atoms with E-state index in [0.29, 0.717) is 5.69 Å². The molecule has 238 valence electrons. The fraction of sp³-hybridized carbons (Fsp3) is 0.444. The fourth-order valence-corrected chi connectivity index (χ4v) is 6.34. The third-order valence-electron chi connectivity index (χ3n) is 8.09. The molecule has 2 amide bonds. The van der Waals surface area contributed by atoms with E-state index in [-0.39, 0.29) is 23.2 Å². The van der Waals surface area contributed by atoms with Crippen molar-refractivity contribution in [3.63, 3.8) is 0 Å². The number of Topliss-reactive ketones (excluding diaryl/α,β-unsaturated/α-hetero) is 2. The minimum absolute atomic E-state index is 0.131. The van der Waals surface area contributed by atoms with Gasteiger partial charge < -0.3 is 41.7 Å². The number of primary amides is 1. The molecule has 0 heterocycles. The van der Waals surface area contributed by atoms with Crippen molar-refractivity contribution in [1.29, 1.82) is 0 Å². The molecule has 1 fully saturated rings. The van der Waals surface area contributed by atoms with Gasteiger partial charge in [0.1, 0.15) is 17.1 Å². The number of alkyl halides is 3. The third kappa shape index (κ3) is 4.71. The number of aliphatic hydroxyl groups is 2. The van der Waals surface area contributed by atoms with Crippen molar-refractivity contribution in [2.75, 3.05) is 45.0 Å². The van der Waals surface area contributed by atoms with Crippen molar-refractivity contribution < 1.29 is 57.2 Å². The van der Waals surface area contributed by atoms with E-state index in [1.54, 1.807) is 19.0 Å². The molecule has 2 unspecified atom stereocenters. The maximum absolute atomic E-state index is 14.4. The molecule has 17 heteroatoms. The molecule has 14 nitrogen and oxygen atoms in total. The number of likely N-dealkylation sites (N-methyl/N-ethyl adjacent to an activating group) is 1. The summed E-state index contributed by atoms with van der Waals surface area (Å²) in [5, 5.41) is 36.2. The molecule has 44 heavy (non-hydrogen) atoms. The molecular formula is C27H30F3N5O9. The first kappa shape index (κ1) is 32.3. The molecule has 0 aromatic heterocycles.